The van der Waals surface area contributed by atoms with E-state index in [0.717, 1.165) is 34.3 Å². The summed E-state index contributed by atoms with van der Waals surface area (Å²) in [5.74, 6) is 0.133. The molecule has 0 saturated carbocycles. The van der Waals surface area contributed by atoms with E-state index >= 15 is 0 Å². The van der Waals surface area contributed by atoms with Crippen molar-refractivity contribution in [1.82, 2.24) is 14.8 Å². The summed E-state index contributed by atoms with van der Waals surface area (Å²) in [5.41, 5.74) is 3.30. The van der Waals surface area contributed by atoms with E-state index in [1.54, 1.807) is 16.2 Å². The summed E-state index contributed by atoms with van der Waals surface area (Å²) in [6, 6.07) is 11.7. The zero-order chi connectivity index (χ0) is 19.3. The standard InChI is InChI=1S/C22H23N3O2S/c1-2-3-10-24-13-19(26)25-17(22(24)27)12-15-14-7-4-5-8-16(14)23-20(15)21(25)18-9-6-11-28-18/h4-9,11,17,21,23H,2-3,10,12-13H2,1H3. The first kappa shape index (κ1) is 17.5. The predicted molar refractivity (Wildman–Crippen MR) is 110 cm³/mol. The lowest BCUT2D eigenvalue weighted by Gasteiger charge is -2.46. The molecule has 1 saturated heterocycles. The van der Waals surface area contributed by atoms with E-state index in [2.05, 4.69) is 30.1 Å². The number of benzene rings is 1. The summed E-state index contributed by atoms with van der Waals surface area (Å²) in [6.45, 7) is 2.96. The number of thiophene rings is 1. The minimum Gasteiger partial charge on any atom is -0.356 e. The molecule has 2 atom stereocenters. The maximum Gasteiger partial charge on any atom is 0.246 e. The van der Waals surface area contributed by atoms with E-state index in [1.165, 1.54) is 5.56 Å². The molecule has 144 valence electrons. The fraction of sp³-hybridized carbons (Fsp3) is 0.364. The summed E-state index contributed by atoms with van der Waals surface area (Å²) < 4.78 is 0. The number of H-pyrrole nitrogens is 1. The lowest BCUT2D eigenvalue weighted by atomic mass is 9.88. The van der Waals surface area contributed by atoms with Crippen molar-refractivity contribution >= 4 is 34.1 Å². The van der Waals surface area contributed by atoms with Crippen molar-refractivity contribution in [2.75, 3.05) is 13.1 Å². The van der Waals surface area contributed by atoms with Crippen molar-refractivity contribution in [2.24, 2.45) is 0 Å². The quantitative estimate of drug-likeness (QED) is 0.735. The van der Waals surface area contributed by atoms with Crippen LogP contribution < -0.4 is 0 Å². The number of rotatable bonds is 4. The second kappa shape index (κ2) is 6.78. The van der Waals surface area contributed by atoms with Gasteiger partial charge in [0.1, 0.15) is 12.1 Å². The first-order valence-corrected chi connectivity index (χ1v) is 10.8. The lowest BCUT2D eigenvalue weighted by molar-refractivity contribution is -0.158. The van der Waals surface area contributed by atoms with Gasteiger partial charge in [-0.25, -0.2) is 0 Å². The summed E-state index contributed by atoms with van der Waals surface area (Å²) in [7, 11) is 0. The zero-order valence-corrected chi connectivity index (χ0v) is 16.7. The van der Waals surface area contributed by atoms with Crippen molar-refractivity contribution in [3.05, 3.63) is 57.9 Å². The smallest absolute Gasteiger partial charge is 0.246 e. The number of fused-ring (bicyclic) bond motifs is 4. The Morgan fingerprint density at radius 2 is 2.04 bits per heavy atom. The van der Waals surface area contributed by atoms with Crippen LogP contribution in [0.25, 0.3) is 10.9 Å². The molecule has 0 bridgehead atoms. The summed E-state index contributed by atoms with van der Waals surface area (Å²) in [6.07, 6.45) is 2.52. The van der Waals surface area contributed by atoms with Crippen LogP contribution in [0.15, 0.2) is 41.8 Å². The molecular formula is C22H23N3O2S. The molecule has 4 heterocycles. The van der Waals surface area contributed by atoms with Crippen LogP contribution in [-0.4, -0.2) is 45.7 Å². The number of piperazine rings is 1. The number of nitrogens with one attached hydrogen (secondary N) is 1. The number of para-hydroxylation sites is 1. The molecule has 5 rings (SSSR count). The first-order valence-electron chi connectivity index (χ1n) is 9.92. The highest BCUT2D eigenvalue weighted by Gasteiger charge is 2.48. The van der Waals surface area contributed by atoms with Gasteiger partial charge in [0.2, 0.25) is 11.8 Å². The Bertz CT molecular complexity index is 1040. The molecule has 0 radical (unpaired) electrons. The average molecular weight is 394 g/mol. The van der Waals surface area contributed by atoms with E-state index < -0.39 is 6.04 Å². The van der Waals surface area contributed by atoms with E-state index in [1.807, 2.05) is 28.5 Å². The van der Waals surface area contributed by atoms with E-state index in [-0.39, 0.29) is 24.4 Å². The van der Waals surface area contributed by atoms with Gasteiger partial charge in [0.25, 0.3) is 0 Å². The molecule has 1 aromatic carbocycles. The van der Waals surface area contributed by atoms with E-state index in [4.69, 9.17) is 0 Å². The second-order valence-corrected chi connectivity index (χ2v) is 8.59. The molecule has 0 spiro atoms. The molecule has 2 aliphatic rings. The van der Waals surface area contributed by atoms with Gasteiger partial charge in [-0.2, -0.15) is 0 Å². The number of hydrogen-bond donors (Lipinski definition) is 1. The number of unbranched alkanes of at least 4 members (excludes halogenated alkanes) is 1. The van der Waals surface area contributed by atoms with Gasteiger partial charge in [0.15, 0.2) is 0 Å². The minimum atomic E-state index is -0.420. The average Bonchev–Trinajstić information content (AvgIpc) is 3.36. The Balaban J connectivity index is 1.65. The summed E-state index contributed by atoms with van der Waals surface area (Å²) >= 11 is 1.64. The van der Waals surface area contributed by atoms with Crippen molar-refractivity contribution in [3.63, 3.8) is 0 Å². The predicted octanol–water partition coefficient (Wildman–Crippen LogP) is 3.71. The largest absolute Gasteiger partial charge is 0.356 e. The molecule has 1 N–H and O–H groups in total. The normalized spacial score (nSPS) is 21.9. The van der Waals surface area contributed by atoms with Crippen LogP contribution in [-0.2, 0) is 16.0 Å². The van der Waals surface area contributed by atoms with Gasteiger partial charge in [-0.05, 0) is 29.5 Å². The van der Waals surface area contributed by atoms with Gasteiger partial charge in [0, 0.05) is 34.4 Å². The maximum absolute atomic E-state index is 13.3. The Morgan fingerprint density at radius 1 is 1.18 bits per heavy atom. The number of amides is 2. The van der Waals surface area contributed by atoms with Gasteiger partial charge in [-0.1, -0.05) is 37.6 Å². The molecule has 28 heavy (non-hydrogen) atoms. The second-order valence-electron chi connectivity index (χ2n) is 7.62. The Kier molecular flexibility index (Phi) is 4.23. The number of carbonyl (C=O) groups is 2. The number of aromatic amines is 1. The molecule has 3 aromatic rings. The van der Waals surface area contributed by atoms with Crippen LogP contribution >= 0.6 is 11.3 Å². The number of aromatic nitrogens is 1. The van der Waals surface area contributed by atoms with Crippen LogP contribution in [0.5, 0.6) is 0 Å². The monoisotopic (exact) mass is 393 g/mol. The third-order valence-corrected chi connectivity index (χ3v) is 6.86. The molecular weight excluding hydrogens is 370 g/mol. The Hall–Kier alpha value is -2.60. The van der Waals surface area contributed by atoms with Gasteiger partial charge in [-0.15, -0.1) is 11.3 Å². The lowest BCUT2D eigenvalue weighted by Crippen LogP contribution is -2.63. The number of nitrogens with zero attached hydrogens (tertiary/aromatic N) is 2. The fourth-order valence-corrected chi connectivity index (χ4v) is 5.44. The first-order chi connectivity index (χ1) is 13.7. The van der Waals surface area contributed by atoms with Crippen LogP contribution in [0.3, 0.4) is 0 Å². The van der Waals surface area contributed by atoms with Gasteiger partial charge < -0.3 is 14.8 Å². The Labute approximate surface area is 168 Å². The molecule has 2 amide bonds. The zero-order valence-electron chi connectivity index (χ0n) is 15.9. The van der Waals surface area contributed by atoms with Crippen LogP contribution in [0, 0.1) is 0 Å². The van der Waals surface area contributed by atoms with Gasteiger partial charge >= 0.3 is 0 Å². The molecule has 0 aliphatic carbocycles. The minimum absolute atomic E-state index is 0.0448. The van der Waals surface area contributed by atoms with Crippen LogP contribution in [0.2, 0.25) is 0 Å². The highest BCUT2D eigenvalue weighted by molar-refractivity contribution is 7.10. The summed E-state index contributed by atoms with van der Waals surface area (Å²) in [5, 5.41) is 3.19. The third kappa shape index (κ3) is 2.58. The SMILES string of the molecule is CCCCN1CC(=O)N2C(Cc3c([nH]c4ccccc34)C2c2cccs2)C1=O. The van der Waals surface area contributed by atoms with Gasteiger partial charge in [-0.3, -0.25) is 9.59 Å². The molecule has 2 aromatic heterocycles. The molecule has 5 nitrogen and oxygen atoms in total. The highest BCUT2D eigenvalue weighted by Crippen LogP contribution is 2.43. The molecule has 2 aliphatic heterocycles. The van der Waals surface area contributed by atoms with Crippen molar-refractivity contribution in [2.45, 2.75) is 38.3 Å². The number of hydrogen-bond acceptors (Lipinski definition) is 3. The van der Waals surface area contributed by atoms with Crippen LogP contribution in [0.1, 0.15) is 41.9 Å². The third-order valence-electron chi connectivity index (χ3n) is 5.94. The van der Waals surface area contributed by atoms with Crippen molar-refractivity contribution in [1.29, 1.82) is 0 Å². The van der Waals surface area contributed by atoms with Crippen LogP contribution in [0.4, 0.5) is 0 Å². The van der Waals surface area contributed by atoms with Crippen molar-refractivity contribution in [3.8, 4) is 0 Å². The topological polar surface area (TPSA) is 56.4 Å². The van der Waals surface area contributed by atoms with E-state index in [0.29, 0.717) is 13.0 Å². The fourth-order valence-electron chi connectivity index (χ4n) is 4.61. The van der Waals surface area contributed by atoms with Gasteiger partial charge in [0.05, 0.1) is 6.54 Å². The maximum atomic E-state index is 13.3. The van der Waals surface area contributed by atoms with E-state index in [9.17, 15) is 9.59 Å². The molecule has 2 unspecified atom stereocenters. The van der Waals surface area contributed by atoms with Crippen molar-refractivity contribution < 1.29 is 9.59 Å². The Morgan fingerprint density at radius 3 is 2.82 bits per heavy atom. The number of carbonyl (C=O) groups excluding carboxylic acids is 2. The molecule has 1 fully saturated rings. The molecule has 6 heteroatoms. The summed E-state index contributed by atoms with van der Waals surface area (Å²) in [4.78, 5) is 34.8. The highest BCUT2D eigenvalue weighted by atomic mass is 32.1.